The molecule has 0 saturated heterocycles. The molecule has 0 aliphatic carbocycles. The van der Waals surface area contributed by atoms with E-state index in [-0.39, 0.29) is 11.7 Å². The molecule has 4 rings (SSSR count). The molecule has 2 aromatic carbocycles. The lowest BCUT2D eigenvalue weighted by Crippen LogP contribution is -2.33. The minimum absolute atomic E-state index is 0.103. The Bertz CT molecular complexity index is 955. The van der Waals surface area contributed by atoms with Gasteiger partial charge in [-0.25, -0.2) is 4.39 Å². The molecule has 3 aromatic rings. The summed E-state index contributed by atoms with van der Waals surface area (Å²) in [6, 6.07) is 16.3. The normalized spacial score (nSPS) is 18.7. The van der Waals surface area contributed by atoms with E-state index in [0.29, 0.717) is 12.0 Å². The third-order valence-corrected chi connectivity index (χ3v) is 4.86. The number of carbonyl (C=O) groups is 1. The summed E-state index contributed by atoms with van der Waals surface area (Å²) in [6.07, 6.45) is 3.83. The summed E-state index contributed by atoms with van der Waals surface area (Å²) in [7, 11) is 0. The third-order valence-electron chi connectivity index (χ3n) is 4.86. The van der Waals surface area contributed by atoms with Gasteiger partial charge in [-0.05, 0) is 59.9 Å². The fourth-order valence-corrected chi connectivity index (χ4v) is 3.40. The third kappa shape index (κ3) is 2.60. The minimum Gasteiger partial charge on any atom is -0.325 e. The predicted octanol–water partition coefficient (Wildman–Crippen LogP) is 4.34. The van der Waals surface area contributed by atoms with E-state index in [1.807, 2.05) is 37.3 Å². The largest absolute Gasteiger partial charge is 0.325 e. The molecular weight excluding hydrogens is 315 g/mol. The summed E-state index contributed by atoms with van der Waals surface area (Å²) in [4.78, 5) is 16.8. The number of benzene rings is 2. The van der Waals surface area contributed by atoms with E-state index >= 15 is 0 Å². The zero-order valence-corrected chi connectivity index (χ0v) is 13.8. The second-order valence-electron chi connectivity index (χ2n) is 6.56. The lowest BCUT2D eigenvalue weighted by Gasteiger charge is -2.23. The van der Waals surface area contributed by atoms with Crippen LogP contribution in [0.5, 0.6) is 0 Å². The highest BCUT2D eigenvalue weighted by molar-refractivity contribution is 6.06. The van der Waals surface area contributed by atoms with Crippen LogP contribution < -0.4 is 5.32 Å². The van der Waals surface area contributed by atoms with Crippen molar-refractivity contribution in [2.24, 2.45) is 0 Å². The van der Waals surface area contributed by atoms with Crippen LogP contribution in [0.15, 0.2) is 67.0 Å². The van der Waals surface area contributed by atoms with Gasteiger partial charge < -0.3 is 5.32 Å². The van der Waals surface area contributed by atoms with Gasteiger partial charge in [0.15, 0.2) is 0 Å². The van der Waals surface area contributed by atoms with E-state index in [1.165, 1.54) is 6.07 Å². The molecule has 1 aliphatic heterocycles. The topological polar surface area (TPSA) is 42.0 Å². The molecular formula is C21H17FN2O. The van der Waals surface area contributed by atoms with Crippen molar-refractivity contribution in [3.05, 3.63) is 83.9 Å². The Kier molecular flexibility index (Phi) is 3.61. The maximum Gasteiger partial charge on any atom is 0.235 e. The number of aromatic nitrogens is 1. The number of nitrogens with one attached hydrogen (secondary N) is 1. The molecule has 1 amide bonds. The molecule has 0 bridgehead atoms. The molecule has 1 aliphatic rings. The maximum absolute atomic E-state index is 14.1. The minimum atomic E-state index is -0.810. The van der Waals surface area contributed by atoms with Crippen molar-refractivity contribution in [3.8, 4) is 11.1 Å². The van der Waals surface area contributed by atoms with Crippen molar-refractivity contribution in [1.29, 1.82) is 0 Å². The number of hydrogen-bond donors (Lipinski definition) is 1. The van der Waals surface area contributed by atoms with Gasteiger partial charge in [-0.1, -0.05) is 30.3 Å². The van der Waals surface area contributed by atoms with E-state index in [2.05, 4.69) is 10.3 Å². The van der Waals surface area contributed by atoms with Gasteiger partial charge in [-0.15, -0.1) is 0 Å². The summed E-state index contributed by atoms with van der Waals surface area (Å²) < 4.78 is 14.1. The quantitative estimate of drug-likeness (QED) is 0.775. The summed E-state index contributed by atoms with van der Waals surface area (Å²) >= 11 is 0. The van der Waals surface area contributed by atoms with Crippen LogP contribution >= 0.6 is 0 Å². The molecule has 25 heavy (non-hydrogen) atoms. The van der Waals surface area contributed by atoms with Crippen LogP contribution in [0.4, 0.5) is 10.1 Å². The van der Waals surface area contributed by atoms with Gasteiger partial charge in [0.1, 0.15) is 5.82 Å². The summed E-state index contributed by atoms with van der Waals surface area (Å²) in [5.74, 6) is -0.387. The van der Waals surface area contributed by atoms with Crippen molar-refractivity contribution in [2.45, 2.75) is 18.8 Å². The number of hydrogen-bond acceptors (Lipinski definition) is 2. The highest BCUT2D eigenvalue weighted by Crippen LogP contribution is 2.42. The van der Waals surface area contributed by atoms with Gasteiger partial charge in [-0.2, -0.15) is 0 Å². The Morgan fingerprint density at radius 3 is 2.68 bits per heavy atom. The fourth-order valence-electron chi connectivity index (χ4n) is 3.40. The zero-order chi connectivity index (χ0) is 17.4. The molecule has 3 nitrogen and oxygen atoms in total. The van der Waals surface area contributed by atoms with Crippen LogP contribution in [0.1, 0.15) is 18.1 Å². The average Bonchev–Trinajstić information content (AvgIpc) is 2.88. The van der Waals surface area contributed by atoms with Gasteiger partial charge in [0.05, 0.1) is 5.41 Å². The monoisotopic (exact) mass is 332 g/mol. The Balaban J connectivity index is 1.79. The Morgan fingerprint density at radius 1 is 1.08 bits per heavy atom. The standard InChI is InChI=1S/C21H17FN2O/c1-21(12-15-5-2-3-7-18(15)22)17-11-14(16-6-4-10-23-13-16)8-9-19(17)24-20(21)25/h2-11,13H,12H2,1H3,(H,24,25). The summed E-state index contributed by atoms with van der Waals surface area (Å²) in [5.41, 5.74) is 3.38. The van der Waals surface area contributed by atoms with Crippen molar-refractivity contribution in [3.63, 3.8) is 0 Å². The lowest BCUT2D eigenvalue weighted by molar-refractivity contribution is -0.120. The van der Waals surface area contributed by atoms with Crippen molar-refractivity contribution >= 4 is 11.6 Å². The van der Waals surface area contributed by atoms with Crippen LogP contribution in [0.3, 0.4) is 0 Å². The molecule has 1 aromatic heterocycles. The van der Waals surface area contributed by atoms with E-state index < -0.39 is 5.41 Å². The molecule has 2 heterocycles. The van der Waals surface area contributed by atoms with Crippen LogP contribution in [0, 0.1) is 5.82 Å². The van der Waals surface area contributed by atoms with Gasteiger partial charge >= 0.3 is 0 Å². The number of amides is 1. The first-order valence-electron chi connectivity index (χ1n) is 8.18. The first-order chi connectivity index (χ1) is 12.1. The molecule has 124 valence electrons. The summed E-state index contributed by atoms with van der Waals surface area (Å²) in [5, 5.41) is 2.93. The smallest absolute Gasteiger partial charge is 0.235 e. The van der Waals surface area contributed by atoms with Crippen LogP contribution in [-0.2, 0) is 16.6 Å². The molecule has 1 unspecified atom stereocenters. The Labute approximate surface area is 145 Å². The highest BCUT2D eigenvalue weighted by atomic mass is 19.1. The average molecular weight is 332 g/mol. The number of carbonyl (C=O) groups excluding carboxylic acids is 1. The lowest BCUT2D eigenvalue weighted by atomic mass is 9.77. The number of fused-ring (bicyclic) bond motifs is 1. The summed E-state index contributed by atoms with van der Waals surface area (Å²) in [6.45, 7) is 1.87. The highest BCUT2D eigenvalue weighted by Gasteiger charge is 2.43. The maximum atomic E-state index is 14.1. The molecule has 0 saturated carbocycles. The van der Waals surface area contributed by atoms with E-state index in [1.54, 1.807) is 30.6 Å². The number of rotatable bonds is 3. The van der Waals surface area contributed by atoms with Crippen molar-refractivity contribution < 1.29 is 9.18 Å². The molecule has 0 spiro atoms. The first kappa shape index (κ1) is 15.5. The van der Waals surface area contributed by atoms with E-state index in [9.17, 15) is 9.18 Å². The Hall–Kier alpha value is -3.01. The number of nitrogens with zero attached hydrogens (tertiary/aromatic N) is 1. The van der Waals surface area contributed by atoms with Crippen molar-refractivity contribution in [2.75, 3.05) is 5.32 Å². The molecule has 4 heteroatoms. The fraction of sp³-hybridized carbons (Fsp3) is 0.143. The van der Waals surface area contributed by atoms with Gasteiger partial charge in [0, 0.05) is 18.1 Å². The van der Waals surface area contributed by atoms with Crippen molar-refractivity contribution in [1.82, 2.24) is 4.98 Å². The van der Waals surface area contributed by atoms with E-state index in [0.717, 1.165) is 22.4 Å². The SMILES string of the molecule is CC1(Cc2ccccc2F)C(=O)Nc2ccc(-c3cccnc3)cc21. The van der Waals surface area contributed by atoms with Gasteiger partial charge in [-0.3, -0.25) is 9.78 Å². The second-order valence-corrected chi connectivity index (χ2v) is 6.56. The number of halogens is 1. The second kappa shape index (κ2) is 5.81. The van der Waals surface area contributed by atoms with Gasteiger partial charge in [0.25, 0.3) is 0 Å². The Morgan fingerprint density at radius 2 is 1.92 bits per heavy atom. The predicted molar refractivity (Wildman–Crippen MR) is 95.8 cm³/mol. The van der Waals surface area contributed by atoms with Crippen LogP contribution in [-0.4, -0.2) is 10.9 Å². The molecule has 1 N–H and O–H groups in total. The first-order valence-corrected chi connectivity index (χ1v) is 8.18. The van der Waals surface area contributed by atoms with Crippen LogP contribution in [0.2, 0.25) is 0 Å². The molecule has 1 atom stereocenters. The molecule has 0 fully saturated rings. The number of pyridine rings is 1. The molecule has 0 radical (unpaired) electrons. The zero-order valence-electron chi connectivity index (χ0n) is 13.8. The van der Waals surface area contributed by atoms with Crippen LogP contribution in [0.25, 0.3) is 11.1 Å². The van der Waals surface area contributed by atoms with E-state index in [4.69, 9.17) is 0 Å². The number of anilines is 1. The van der Waals surface area contributed by atoms with Gasteiger partial charge in [0.2, 0.25) is 5.91 Å².